The molecule has 0 fully saturated rings. The Kier molecular flexibility index (Phi) is 6.78. The molecule has 0 bridgehead atoms. The zero-order chi connectivity index (χ0) is 23.5. The monoisotopic (exact) mass is 450 g/mol. The van der Waals surface area contributed by atoms with E-state index >= 15 is 0 Å². The number of aromatic nitrogens is 3. The van der Waals surface area contributed by atoms with Gasteiger partial charge in [0.05, 0.1) is 29.4 Å². The van der Waals surface area contributed by atoms with Gasteiger partial charge in [0.2, 0.25) is 0 Å². The third kappa shape index (κ3) is 4.88. The molecule has 0 saturated heterocycles. The van der Waals surface area contributed by atoms with Crippen molar-refractivity contribution in [1.29, 1.82) is 0 Å². The number of rotatable bonds is 7. The zero-order valence-corrected chi connectivity index (χ0v) is 17.6. The number of nitrogens with zero attached hydrogens (tertiary/aromatic N) is 3. The number of imidazole rings is 1. The van der Waals surface area contributed by atoms with Crippen molar-refractivity contribution in [3.8, 4) is 0 Å². The Morgan fingerprint density at radius 2 is 1.91 bits per heavy atom. The van der Waals surface area contributed by atoms with E-state index in [1.165, 1.54) is 19.2 Å². The molecule has 0 aliphatic rings. The van der Waals surface area contributed by atoms with Gasteiger partial charge >= 0.3 is 12.1 Å². The number of carbonyl (C=O) groups is 2. The Hall–Kier alpha value is -3.47. The maximum Gasteiger partial charge on any atom is 0.433 e. The van der Waals surface area contributed by atoms with E-state index in [1.54, 1.807) is 14.2 Å². The number of aryl methyl sites for hydroxylation is 2. The molecule has 0 saturated carbocycles. The van der Waals surface area contributed by atoms with Crippen molar-refractivity contribution in [2.45, 2.75) is 19.0 Å². The highest BCUT2D eigenvalue weighted by atomic mass is 19.4. The van der Waals surface area contributed by atoms with Crippen LogP contribution in [0.25, 0.3) is 11.0 Å². The molecule has 32 heavy (non-hydrogen) atoms. The summed E-state index contributed by atoms with van der Waals surface area (Å²) in [5, 5.41) is 2.47. The molecule has 3 rings (SSSR count). The fourth-order valence-corrected chi connectivity index (χ4v) is 3.17. The Labute approximate surface area is 181 Å². The van der Waals surface area contributed by atoms with Gasteiger partial charge in [-0.2, -0.15) is 13.2 Å². The topological polar surface area (TPSA) is 95.3 Å². The minimum atomic E-state index is -4.69. The van der Waals surface area contributed by atoms with Crippen LogP contribution in [0.1, 0.15) is 38.8 Å². The molecule has 0 spiro atoms. The minimum Gasteiger partial charge on any atom is -0.465 e. The second-order valence-corrected chi connectivity index (χ2v) is 6.92. The van der Waals surface area contributed by atoms with Gasteiger partial charge in [-0.05, 0) is 30.7 Å². The lowest BCUT2D eigenvalue weighted by molar-refractivity contribution is -0.141. The average molecular weight is 450 g/mol. The molecule has 0 aliphatic heterocycles. The van der Waals surface area contributed by atoms with Crippen molar-refractivity contribution >= 4 is 28.6 Å². The van der Waals surface area contributed by atoms with Crippen molar-refractivity contribution in [2.24, 2.45) is 7.05 Å². The standard InChI is InChI=1S/C21H21F3N4O4/c1-28-16-11-14(27-19(29)13-6-4-7-17(25-13)21(22,23)24)12(20(30)32-3)10-15(16)26-18(28)8-5-9-31-2/h4,6-7,10-11H,5,8-9H2,1-3H3,(H,27,29). The zero-order valence-electron chi connectivity index (χ0n) is 17.6. The molecular formula is C21H21F3N4O4. The Morgan fingerprint density at radius 1 is 1.16 bits per heavy atom. The lowest BCUT2D eigenvalue weighted by atomic mass is 10.1. The number of amides is 1. The number of benzene rings is 1. The minimum absolute atomic E-state index is 0.0156. The molecule has 0 aliphatic carbocycles. The van der Waals surface area contributed by atoms with Crippen molar-refractivity contribution in [3.05, 3.63) is 53.1 Å². The fraction of sp³-hybridized carbons (Fsp3) is 0.333. The van der Waals surface area contributed by atoms with Gasteiger partial charge in [0.15, 0.2) is 0 Å². The second-order valence-electron chi connectivity index (χ2n) is 6.92. The van der Waals surface area contributed by atoms with Gasteiger partial charge < -0.3 is 19.4 Å². The van der Waals surface area contributed by atoms with Crippen LogP contribution in [0.3, 0.4) is 0 Å². The first-order chi connectivity index (χ1) is 15.2. The number of hydrogen-bond donors (Lipinski definition) is 1. The summed E-state index contributed by atoms with van der Waals surface area (Å²) in [4.78, 5) is 32.8. The number of halogens is 3. The molecule has 1 N–H and O–H groups in total. The number of carbonyl (C=O) groups excluding carboxylic acids is 2. The molecule has 1 aromatic carbocycles. The van der Waals surface area contributed by atoms with Crippen molar-refractivity contribution < 1.29 is 32.2 Å². The largest absolute Gasteiger partial charge is 0.465 e. The number of ether oxygens (including phenoxy) is 2. The van der Waals surface area contributed by atoms with Crippen molar-refractivity contribution in [2.75, 3.05) is 26.1 Å². The van der Waals surface area contributed by atoms with Gasteiger partial charge in [-0.15, -0.1) is 0 Å². The Bertz CT molecular complexity index is 1160. The molecule has 170 valence electrons. The summed E-state index contributed by atoms with van der Waals surface area (Å²) < 4.78 is 50.5. The van der Waals surface area contributed by atoms with Gasteiger partial charge in [0.1, 0.15) is 17.2 Å². The van der Waals surface area contributed by atoms with Crippen LogP contribution < -0.4 is 5.32 Å². The molecule has 2 heterocycles. The normalized spacial score (nSPS) is 11.6. The quantitative estimate of drug-likeness (QED) is 0.437. The van der Waals surface area contributed by atoms with Gasteiger partial charge in [-0.1, -0.05) is 6.07 Å². The van der Waals surface area contributed by atoms with Gasteiger partial charge in [0.25, 0.3) is 5.91 Å². The molecule has 11 heteroatoms. The predicted octanol–water partition coefficient (Wildman–Crippen LogP) is 3.61. The number of methoxy groups -OCH3 is 2. The molecule has 0 atom stereocenters. The number of fused-ring (bicyclic) bond motifs is 1. The van der Waals surface area contributed by atoms with Crippen LogP contribution in [0.2, 0.25) is 0 Å². The summed E-state index contributed by atoms with van der Waals surface area (Å²) >= 11 is 0. The van der Waals surface area contributed by atoms with Crippen LogP contribution in [-0.2, 0) is 29.1 Å². The molecular weight excluding hydrogens is 429 g/mol. The number of esters is 1. The van der Waals surface area contributed by atoms with Crippen LogP contribution in [0, 0.1) is 0 Å². The highest BCUT2D eigenvalue weighted by Gasteiger charge is 2.33. The maximum absolute atomic E-state index is 12.9. The maximum atomic E-state index is 12.9. The van der Waals surface area contributed by atoms with Gasteiger partial charge in [-0.25, -0.2) is 14.8 Å². The average Bonchev–Trinajstić information content (AvgIpc) is 3.07. The molecule has 2 aromatic heterocycles. The molecule has 3 aromatic rings. The smallest absolute Gasteiger partial charge is 0.433 e. The second kappa shape index (κ2) is 9.35. The Morgan fingerprint density at radius 3 is 2.56 bits per heavy atom. The predicted molar refractivity (Wildman–Crippen MR) is 109 cm³/mol. The lowest BCUT2D eigenvalue weighted by Gasteiger charge is -2.12. The first kappa shape index (κ1) is 23.2. The first-order valence-corrected chi connectivity index (χ1v) is 9.58. The summed E-state index contributed by atoms with van der Waals surface area (Å²) in [6.45, 7) is 0.557. The summed E-state index contributed by atoms with van der Waals surface area (Å²) in [5.41, 5.74) is -0.420. The highest BCUT2D eigenvalue weighted by molar-refractivity contribution is 6.09. The highest BCUT2D eigenvalue weighted by Crippen LogP contribution is 2.29. The van der Waals surface area contributed by atoms with Crippen LogP contribution in [0.5, 0.6) is 0 Å². The lowest BCUT2D eigenvalue weighted by Crippen LogP contribution is -2.19. The number of hydrogen-bond acceptors (Lipinski definition) is 6. The molecule has 0 unspecified atom stereocenters. The summed E-state index contributed by atoms with van der Waals surface area (Å²) in [6.07, 6.45) is -3.33. The van der Waals surface area contributed by atoms with E-state index in [9.17, 15) is 22.8 Å². The van der Waals surface area contributed by atoms with Gasteiger partial charge in [0, 0.05) is 27.2 Å². The van der Waals surface area contributed by atoms with Gasteiger partial charge in [-0.3, -0.25) is 4.79 Å². The first-order valence-electron chi connectivity index (χ1n) is 9.58. The van der Waals surface area contributed by atoms with E-state index in [0.717, 1.165) is 30.4 Å². The van der Waals surface area contributed by atoms with Crippen molar-refractivity contribution in [3.63, 3.8) is 0 Å². The van der Waals surface area contributed by atoms with Crippen LogP contribution in [0.15, 0.2) is 30.3 Å². The van der Waals surface area contributed by atoms with E-state index < -0.39 is 29.4 Å². The Balaban J connectivity index is 1.99. The summed E-state index contributed by atoms with van der Waals surface area (Å²) in [6, 6.07) is 6.00. The van der Waals surface area contributed by atoms with Crippen LogP contribution in [-0.4, -0.2) is 47.2 Å². The molecule has 8 nitrogen and oxygen atoms in total. The number of pyridine rings is 1. The number of alkyl halides is 3. The molecule has 1 amide bonds. The van der Waals surface area contributed by atoms with Crippen LogP contribution >= 0.6 is 0 Å². The molecule has 0 radical (unpaired) electrons. The third-order valence-electron chi connectivity index (χ3n) is 4.79. The SMILES string of the molecule is COCCCc1nc2cc(C(=O)OC)c(NC(=O)c3cccc(C(F)(F)F)n3)cc2n1C. The van der Waals surface area contributed by atoms with E-state index in [0.29, 0.717) is 24.1 Å². The number of nitrogens with one attached hydrogen (secondary N) is 1. The fourth-order valence-electron chi connectivity index (χ4n) is 3.17. The van der Waals surface area contributed by atoms with E-state index in [-0.39, 0.29) is 11.3 Å². The third-order valence-corrected chi connectivity index (χ3v) is 4.79. The summed E-state index contributed by atoms with van der Waals surface area (Å²) in [7, 11) is 4.57. The number of anilines is 1. The van der Waals surface area contributed by atoms with E-state index in [2.05, 4.69) is 15.3 Å². The van der Waals surface area contributed by atoms with Crippen LogP contribution in [0.4, 0.5) is 18.9 Å². The summed E-state index contributed by atoms with van der Waals surface area (Å²) in [5.74, 6) is -0.884. The van der Waals surface area contributed by atoms with E-state index in [1.807, 2.05) is 4.57 Å². The van der Waals surface area contributed by atoms with E-state index in [4.69, 9.17) is 9.47 Å². The van der Waals surface area contributed by atoms with Crippen molar-refractivity contribution in [1.82, 2.24) is 14.5 Å².